The number of ketones is 1. The summed E-state index contributed by atoms with van der Waals surface area (Å²) in [5.41, 5.74) is 1.62. The molecular formula is C18H14ClNO3. The molecule has 4 nitrogen and oxygen atoms in total. The zero-order valence-electron chi connectivity index (χ0n) is 12.4. The second-order valence-corrected chi connectivity index (χ2v) is 5.08. The van der Waals surface area contributed by atoms with Crippen molar-refractivity contribution in [2.24, 2.45) is 0 Å². The Balaban J connectivity index is 2.22. The van der Waals surface area contributed by atoms with Crippen molar-refractivity contribution < 1.29 is 14.6 Å². The van der Waals surface area contributed by atoms with Crippen LogP contribution in [0.4, 0.5) is 0 Å². The SMILES string of the molecule is CCOc1cc(C=CC(=O)c2ccc(C#N)cc2)cc(Cl)c1O. The Morgan fingerprint density at radius 1 is 1.35 bits per heavy atom. The standard InChI is InChI=1S/C18H14ClNO3/c1-2-23-17-10-13(9-15(19)18(17)22)5-8-16(21)14-6-3-12(11-20)4-7-14/h3-10,22H,2H2,1H3. The van der Waals surface area contributed by atoms with Crippen LogP contribution in [-0.4, -0.2) is 17.5 Å². The summed E-state index contributed by atoms with van der Waals surface area (Å²) in [6.07, 6.45) is 2.99. The maximum atomic E-state index is 12.1. The lowest BCUT2D eigenvalue weighted by Gasteiger charge is -2.08. The molecule has 0 saturated carbocycles. The van der Waals surface area contributed by atoms with E-state index in [1.165, 1.54) is 6.08 Å². The minimum atomic E-state index is -0.198. The van der Waals surface area contributed by atoms with E-state index < -0.39 is 0 Å². The Morgan fingerprint density at radius 3 is 2.65 bits per heavy atom. The molecule has 0 fully saturated rings. The molecule has 0 heterocycles. The van der Waals surface area contributed by atoms with Crippen molar-refractivity contribution in [3.8, 4) is 17.6 Å². The number of carbonyl (C=O) groups is 1. The summed E-state index contributed by atoms with van der Waals surface area (Å²) < 4.78 is 5.29. The Bertz CT molecular complexity index is 789. The van der Waals surface area contributed by atoms with Gasteiger partial charge in [0.1, 0.15) is 0 Å². The van der Waals surface area contributed by atoms with Crippen LogP contribution in [0, 0.1) is 11.3 Å². The van der Waals surface area contributed by atoms with Gasteiger partial charge in [-0.3, -0.25) is 4.79 Å². The van der Waals surface area contributed by atoms with Gasteiger partial charge in [-0.1, -0.05) is 17.7 Å². The number of ether oxygens (including phenoxy) is 1. The summed E-state index contributed by atoms with van der Waals surface area (Å²) in [5, 5.41) is 18.7. The van der Waals surface area contributed by atoms with E-state index in [1.807, 2.05) is 6.07 Å². The van der Waals surface area contributed by atoms with Gasteiger partial charge in [0, 0.05) is 5.56 Å². The predicted molar refractivity (Wildman–Crippen MR) is 88.8 cm³/mol. The topological polar surface area (TPSA) is 70.3 Å². The van der Waals surface area contributed by atoms with E-state index in [9.17, 15) is 9.90 Å². The van der Waals surface area contributed by atoms with Crippen molar-refractivity contribution in [1.82, 2.24) is 0 Å². The summed E-state index contributed by atoms with van der Waals surface area (Å²) in [7, 11) is 0. The van der Waals surface area contributed by atoms with E-state index in [4.69, 9.17) is 21.6 Å². The lowest BCUT2D eigenvalue weighted by molar-refractivity contribution is 0.104. The molecular weight excluding hydrogens is 314 g/mol. The minimum absolute atomic E-state index is 0.121. The van der Waals surface area contributed by atoms with Gasteiger partial charge in [0.2, 0.25) is 0 Å². The molecule has 2 aromatic rings. The lowest BCUT2D eigenvalue weighted by atomic mass is 10.1. The fourth-order valence-electron chi connectivity index (χ4n) is 1.93. The number of benzene rings is 2. The molecule has 0 unspecified atom stereocenters. The fraction of sp³-hybridized carbons (Fsp3) is 0.111. The molecule has 2 aromatic carbocycles. The van der Waals surface area contributed by atoms with E-state index in [0.29, 0.717) is 23.3 Å². The van der Waals surface area contributed by atoms with Crippen LogP contribution in [0.2, 0.25) is 5.02 Å². The highest BCUT2D eigenvalue weighted by Gasteiger charge is 2.09. The molecule has 0 bridgehead atoms. The van der Waals surface area contributed by atoms with Gasteiger partial charge in [-0.2, -0.15) is 5.26 Å². The van der Waals surface area contributed by atoms with Crippen LogP contribution in [0.3, 0.4) is 0 Å². The Labute approximate surface area is 139 Å². The number of nitriles is 1. The molecule has 0 radical (unpaired) electrons. The van der Waals surface area contributed by atoms with Crippen LogP contribution in [0.5, 0.6) is 11.5 Å². The first kappa shape index (κ1) is 16.6. The number of phenols is 1. The van der Waals surface area contributed by atoms with Gasteiger partial charge in [0.25, 0.3) is 0 Å². The maximum Gasteiger partial charge on any atom is 0.185 e. The van der Waals surface area contributed by atoms with Crippen molar-refractivity contribution in [1.29, 1.82) is 5.26 Å². The van der Waals surface area contributed by atoms with E-state index in [1.54, 1.807) is 49.4 Å². The van der Waals surface area contributed by atoms with Crippen molar-refractivity contribution in [2.45, 2.75) is 6.92 Å². The van der Waals surface area contributed by atoms with E-state index >= 15 is 0 Å². The van der Waals surface area contributed by atoms with Crippen LogP contribution in [0.1, 0.15) is 28.4 Å². The molecule has 0 aliphatic heterocycles. The molecule has 0 atom stereocenters. The molecule has 5 heteroatoms. The summed E-state index contributed by atoms with van der Waals surface area (Å²) in [4.78, 5) is 12.1. The quantitative estimate of drug-likeness (QED) is 0.659. The maximum absolute atomic E-state index is 12.1. The molecule has 0 spiro atoms. The molecule has 23 heavy (non-hydrogen) atoms. The van der Waals surface area contributed by atoms with Crippen molar-refractivity contribution in [3.63, 3.8) is 0 Å². The number of phenolic OH excluding ortho intramolecular Hbond substituents is 1. The Kier molecular flexibility index (Phi) is 5.40. The third kappa shape index (κ3) is 4.12. The number of carbonyl (C=O) groups excluding carboxylic acids is 1. The summed E-state index contributed by atoms with van der Waals surface area (Å²) in [6.45, 7) is 2.19. The van der Waals surface area contributed by atoms with Crippen molar-refractivity contribution in [2.75, 3.05) is 6.61 Å². The summed E-state index contributed by atoms with van der Waals surface area (Å²) in [5.74, 6) is -0.0498. The van der Waals surface area contributed by atoms with Gasteiger partial charge in [-0.15, -0.1) is 0 Å². The van der Waals surface area contributed by atoms with Crippen LogP contribution >= 0.6 is 11.6 Å². The van der Waals surface area contributed by atoms with Crippen LogP contribution in [0.15, 0.2) is 42.5 Å². The molecule has 0 amide bonds. The first-order valence-corrected chi connectivity index (χ1v) is 7.30. The molecule has 116 valence electrons. The summed E-state index contributed by atoms with van der Waals surface area (Å²) >= 11 is 5.94. The van der Waals surface area contributed by atoms with Gasteiger partial charge >= 0.3 is 0 Å². The smallest absolute Gasteiger partial charge is 0.185 e. The lowest BCUT2D eigenvalue weighted by Crippen LogP contribution is -1.95. The first-order chi connectivity index (χ1) is 11.0. The highest BCUT2D eigenvalue weighted by molar-refractivity contribution is 6.32. The zero-order chi connectivity index (χ0) is 16.8. The van der Waals surface area contributed by atoms with E-state index in [0.717, 1.165) is 0 Å². The molecule has 0 aromatic heterocycles. The normalized spacial score (nSPS) is 10.5. The molecule has 0 saturated heterocycles. The van der Waals surface area contributed by atoms with Gasteiger partial charge in [-0.25, -0.2) is 0 Å². The number of nitrogens with zero attached hydrogens (tertiary/aromatic N) is 1. The van der Waals surface area contributed by atoms with Crippen LogP contribution in [-0.2, 0) is 0 Å². The number of hydrogen-bond donors (Lipinski definition) is 1. The third-order valence-electron chi connectivity index (χ3n) is 3.08. The van der Waals surface area contributed by atoms with Gasteiger partial charge in [-0.05, 0) is 55.0 Å². The molecule has 0 aliphatic carbocycles. The zero-order valence-corrected chi connectivity index (χ0v) is 13.2. The largest absolute Gasteiger partial charge is 0.503 e. The van der Waals surface area contributed by atoms with E-state index in [-0.39, 0.29) is 22.3 Å². The highest BCUT2D eigenvalue weighted by Crippen LogP contribution is 2.35. The second-order valence-electron chi connectivity index (χ2n) is 4.67. The van der Waals surface area contributed by atoms with Gasteiger partial charge in [0.15, 0.2) is 17.3 Å². The Hall–Kier alpha value is -2.77. The van der Waals surface area contributed by atoms with Crippen molar-refractivity contribution >= 4 is 23.5 Å². The number of rotatable bonds is 5. The second kappa shape index (κ2) is 7.48. The highest BCUT2D eigenvalue weighted by atomic mass is 35.5. The Morgan fingerprint density at radius 2 is 2.04 bits per heavy atom. The first-order valence-electron chi connectivity index (χ1n) is 6.93. The van der Waals surface area contributed by atoms with Crippen LogP contribution in [0.25, 0.3) is 6.08 Å². The number of halogens is 1. The van der Waals surface area contributed by atoms with Crippen LogP contribution < -0.4 is 4.74 Å². The van der Waals surface area contributed by atoms with Crippen molar-refractivity contribution in [3.05, 3.63) is 64.2 Å². The molecule has 2 rings (SSSR count). The number of aromatic hydroxyl groups is 1. The fourth-order valence-corrected chi connectivity index (χ4v) is 2.15. The molecule has 1 N–H and O–H groups in total. The minimum Gasteiger partial charge on any atom is -0.503 e. The van der Waals surface area contributed by atoms with E-state index in [2.05, 4.69) is 0 Å². The number of allylic oxidation sites excluding steroid dienone is 1. The average molecular weight is 328 g/mol. The van der Waals surface area contributed by atoms with Gasteiger partial charge in [0.05, 0.1) is 23.3 Å². The molecule has 0 aliphatic rings. The average Bonchev–Trinajstić information content (AvgIpc) is 2.57. The number of hydrogen-bond acceptors (Lipinski definition) is 4. The summed E-state index contributed by atoms with van der Waals surface area (Å²) in [6, 6.07) is 11.5. The monoisotopic (exact) mass is 327 g/mol. The predicted octanol–water partition coefficient (Wildman–Crippen LogP) is 4.21. The third-order valence-corrected chi connectivity index (χ3v) is 3.36. The van der Waals surface area contributed by atoms with Gasteiger partial charge < -0.3 is 9.84 Å².